The van der Waals surface area contributed by atoms with E-state index in [1.165, 1.54) is 12.1 Å². The highest BCUT2D eigenvalue weighted by atomic mass is 35.5. The molecule has 84 valence electrons. The Hall–Kier alpha value is -0.640. The molecule has 1 aromatic carbocycles. The predicted octanol–water partition coefficient (Wildman–Crippen LogP) is 3.17. The summed E-state index contributed by atoms with van der Waals surface area (Å²) in [5.74, 6) is 5.15. The second kappa shape index (κ2) is 6.05. The van der Waals surface area contributed by atoms with E-state index in [1.807, 2.05) is 0 Å². The predicted molar refractivity (Wildman–Crippen MR) is 61.0 cm³/mol. The Kier molecular flexibility index (Phi) is 5.02. The number of unbranched alkanes of at least 4 members (excludes halogenated alkanes) is 1. The molecule has 1 atom stereocenters. The van der Waals surface area contributed by atoms with Gasteiger partial charge in [0.05, 0.1) is 0 Å². The molecule has 4 heteroatoms. The molecule has 15 heavy (non-hydrogen) atoms. The number of hydrazine groups is 1. The van der Waals surface area contributed by atoms with Gasteiger partial charge in [-0.05, 0) is 30.2 Å². The van der Waals surface area contributed by atoms with Gasteiger partial charge in [-0.15, -0.1) is 0 Å². The summed E-state index contributed by atoms with van der Waals surface area (Å²) in [6.07, 6.45) is 2.96. The largest absolute Gasteiger partial charge is 0.271 e. The Morgan fingerprint density at radius 2 is 2.27 bits per heavy atom. The molecule has 0 aliphatic heterocycles. The topological polar surface area (TPSA) is 38.0 Å². The van der Waals surface area contributed by atoms with Crippen LogP contribution in [-0.4, -0.2) is 0 Å². The normalized spacial score (nSPS) is 12.8. The molecule has 3 N–H and O–H groups in total. The van der Waals surface area contributed by atoms with Crippen LogP contribution < -0.4 is 11.3 Å². The van der Waals surface area contributed by atoms with E-state index >= 15 is 0 Å². The number of hydrogen-bond donors (Lipinski definition) is 2. The van der Waals surface area contributed by atoms with Crippen LogP contribution in [-0.2, 0) is 0 Å². The highest BCUT2D eigenvalue weighted by Crippen LogP contribution is 2.26. The molecule has 0 amide bonds. The van der Waals surface area contributed by atoms with Gasteiger partial charge in [0.2, 0.25) is 0 Å². The van der Waals surface area contributed by atoms with Crippen molar-refractivity contribution in [3.8, 4) is 0 Å². The fourth-order valence-corrected chi connectivity index (χ4v) is 1.77. The first kappa shape index (κ1) is 12.4. The Labute approximate surface area is 94.6 Å². The van der Waals surface area contributed by atoms with Gasteiger partial charge in [0.25, 0.3) is 0 Å². The van der Waals surface area contributed by atoms with Crippen LogP contribution in [0.3, 0.4) is 0 Å². The fourth-order valence-electron chi connectivity index (χ4n) is 1.52. The van der Waals surface area contributed by atoms with E-state index in [4.69, 9.17) is 17.4 Å². The zero-order valence-corrected chi connectivity index (χ0v) is 9.52. The Morgan fingerprint density at radius 1 is 1.53 bits per heavy atom. The Morgan fingerprint density at radius 3 is 2.87 bits per heavy atom. The van der Waals surface area contributed by atoms with Gasteiger partial charge in [0, 0.05) is 11.1 Å². The van der Waals surface area contributed by atoms with E-state index in [9.17, 15) is 4.39 Å². The van der Waals surface area contributed by atoms with Crippen molar-refractivity contribution >= 4 is 11.6 Å². The fraction of sp³-hybridized carbons (Fsp3) is 0.455. The van der Waals surface area contributed by atoms with E-state index in [2.05, 4.69) is 12.3 Å². The molecule has 0 aliphatic carbocycles. The Balaban J connectivity index is 2.85. The second-order valence-electron chi connectivity index (χ2n) is 3.53. The van der Waals surface area contributed by atoms with Crippen molar-refractivity contribution in [2.75, 3.05) is 0 Å². The third-order valence-electron chi connectivity index (χ3n) is 2.38. The molecule has 0 saturated heterocycles. The van der Waals surface area contributed by atoms with Crippen LogP contribution in [0.5, 0.6) is 0 Å². The van der Waals surface area contributed by atoms with E-state index in [-0.39, 0.29) is 11.9 Å². The number of rotatable bonds is 5. The second-order valence-corrected chi connectivity index (χ2v) is 3.93. The minimum absolute atomic E-state index is 0.0758. The van der Waals surface area contributed by atoms with E-state index in [0.717, 1.165) is 24.8 Å². The maximum atomic E-state index is 13.0. The average Bonchev–Trinajstić information content (AvgIpc) is 2.24. The van der Waals surface area contributed by atoms with Crippen LogP contribution in [0.15, 0.2) is 18.2 Å². The van der Waals surface area contributed by atoms with E-state index < -0.39 is 0 Å². The van der Waals surface area contributed by atoms with Crippen molar-refractivity contribution < 1.29 is 4.39 Å². The summed E-state index contributed by atoms with van der Waals surface area (Å²) < 4.78 is 13.0. The third-order valence-corrected chi connectivity index (χ3v) is 2.73. The number of hydrogen-bond acceptors (Lipinski definition) is 2. The van der Waals surface area contributed by atoms with Crippen LogP contribution in [0.25, 0.3) is 0 Å². The summed E-state index contributed by atoms with van der Waals surface area (Å²) >= 11 is 5.99. The van der Waals surface area contributed by atoms with Crippen LogP contribution in [0.2, 0.25) is 5.02 Å². The zero-order chi connectivity index (χ0) is 11.3. The number of halogens is 2. The van der Waals surface area contributed by atoms with Crippen molar-refractivity contribution in [2.24, 2.45) is 5.84 Å². The first-order valence-electron chi connectivity index (χ1n) is 5.10. The summed E-state index contributed by atoms with van der Waals surface area (Å²) in [6.45, 7) is 2.10. The van der Waals surface area contributed by atoms with Gasteiger partial charge in [-0.1, -0.05) is 31.4 Å². The lowest BCUT2D eigenvalue weighted by Crippen LogP contribution is -2.28. The first-order chi connectivity index (χ1) is 7.19. The lowest BCUT2D eigenvalue weighted by molar-refractivity contribution is 0.492. The minimum Gasteiger partial charge on any atom is -0.271 e. The molecule has 1 rings (SSSR count). The molecule has 0 spiro atoms. The lowest BCUT2D eigenvalue weighted by Gasteiger charge is -2.17. The van der Waals surface area contributed by atoms with Gasteiger partial charge in [-0.2, -0.15) is 0 Å². The van der Waals surface area contributed by atoms with Crippen molar-refractivity contribution in [1.29, 1.82) is 0 Å². The van der Waals surface area contributed by atoms with Gasteiger partial charge in [-0.3, -0.25) is 11.3 Å². The highest BCUT2D eigenvalue weighted by molar-refractivity contribution is 6.31. The molecular weight excluding hydrogens is 215 g/mol. The molecule has 0 aliphatic rings. The van der Waals surface area contributed by atoms with Gasteiger partial charge in [0.1, 0.15) is 5.82 Å². The molecule has 2 nitrogen and oxygen atoms in total. The summed E-state index contributed by atoms with van der Waals surface area (Å²) in [7, 11) is 0. The van der Waals surface area contributed by atoms with Gasteiger partial charge in [-0.25, -0.2) is 4.39 Å². The van der Waals surface area contributed by atoms with Crippen molar-refractivity contribution in [1.82, 2.24) is 5.43 Å². The van der Waals surface area contributed by atoms with Crippen molar-refractivity contribution in [3.63, 3.8) is 0 Å². The van der Waals surface area contributed by atoms with Crippen LogP contribution >= 0.6 is 11.6 Å². The monoisotopic (exact) mass is 230 g/mol. The molecule has 0 aromatic heterocycles. The molecule has 0 fully saturated rings. The molecular formula is C11H16ClFN2. The van der Waals surface area contributed by atoms with E-state index in [0.29, 0.717) is 5.02 Å². The molecule has 1 aromatic rings. The molecule has 0 saturated carbocycles. The van der Waals surface area contributed by atoms with Gasteiger partial charge in [0.15, 0.2) is 0 Å². The van der Waals surface area contributed by atoms with Crippen LogP contribution in [0, 0.1) is 5.82 Å². The van der Waals surface area contributed by atoms with E-state index in [1.54, 1.807) is 6.07 Å². The molecule has 0 heterocycles. The molecule has 1 unspecified atom stereocenters. The highest BCUT2D eigenvalue weighted by Gasteiger charge is 2.13. The summed E-state index contributed by atoms with van der Waals surface area (Å²) in [5, 5.41) is 0.551. The van der Waals surface area contributed by atoms with Gasteiger partial charge >= 0.3 is 0 Å². The summed E-state index contributed by atoms with van der Waals surface area (Å²) in [5.41, 5.74) is 3.40. The minimum atomic E-state index is -0.286. The zero-order valence-electron chi connectivity index (χ0n) is 8.76. The number of benzene rings is 1. The Bertz CT molecular complexity index is 317. The quantitative estimate of drug-likeness (QED) is 0.602. The van der Waals surface area contributed by atoms with Crippen molar-refractivity contribution in [3.05, 3.63) is 34.6 Å². The smallest absolute Gasteiger partial charge is 0.123 e. The van der Waals surface area contributed by atoms with Crippen LogP contribution in [0.4, 0.5) is 4.39 Å². The lowest BCUT2D eigenvalue weighted by atomic mass is 10.0. The van der Waals surface area contributed by atoms with Crippen LogP contribution in [0.1, 0.15) is 37.8 Å². The number of nitrogens with one attached hydrogen (secondary N) is 1. The summed E-state index contributed by atoms with van der Waals surface area (Å²) in [6, 6.07) is 4.26. The third kappa shape index (κ3) is 3.45. The molecule has 0 bridgehead atoms. The van der Waals surface area contributed by atoms with Crippen molar-refractivity contribution in [2.45, 2.75) is 32.2 Å². The maximum absolute atomic E-state index is 13.0. The first-order valence-corrected chi connectivity index (χ1v) is 5.48. The standard InChI is InChI=1S/C11H16ClFN2/c1-2-3-4-11(15-14)9-7-8(13)5-6-10(9)12/h5-7,11,15H,2-4,14H2,1H3. The average molecular weight is 231 g/mol. The maximum Gasteiger partial charge on any atom is 0.123 e. The summed E-state index contributed by atoms with van der Waals surface area (Å²) in [4.78, 5) is 0. The van der Waals surface area contributed by atoms with Gasteiger partial charge < -0.3 is 0 Å². The SMILES string of the molecule is CCCCC(NN)c1cc(F)ccc1Cl. The number of nitrogens with two attached hydrogens (primary N) is 1. The molecule has 0 radical (unpaired) electrons.